The van der Waals surface area contributed by atoms with Gasteiger partial charge in [-0.3, -0.25) is 5.32 Å². The van der Waals surface area contributed by atoms with Crippen LogP contribution in [0.25, 0.3) is 0 Å². The summed E-state index contributed by atoms with van der Waals surface area (Å²) in [6.07, 6.45) is 5.16. The molecule has 2 atom stereocenters. The van der Waals surface area contributed by atoms with Gasteiger partial charge in [-0.15, -0.1) is 6.42 Å². The largest absolute Gasteiger partial charge is 0.383 e. The zero-order valence-corrected chi connectivity index (χ0v) is 6.85. The maximum absolute atomic E-state index is 5.16. The number of hydrogen-bond acceptors (Lipinski definition) is 2. The van der Waals surface area contributed by atoms with E-state index in [2.05, 4.69) is 11.2 Å². The van der Waals surface area contributed by atoms with Crippen LogP contribution in [0.5, 0.6) is 0 Å². The highest BCUT2D eigenvalue weighted by molar-refractivity contribution is 4.96. The minimum absolute atomic E-state index is 0.130. The standard InChI is InChI=1S/C8H15NO/c1-5-7(2)9-8(3)6-10-4/h1,7-9H,6H2,2-4H3. The van der Waals surface area contributed by atoms with Gasteiger partial charge < -0.3 is 4.74 Å². The summed E-state index contributed by atoms with van der Waals surface area (Å²) < 4.78 is 4.92. The topological polar surface area (TPSA) is 21.3 Å². The lowest BCUT2D eigenvalue weighted by Gasteiger charge is -2.14. The van der Waals surface area contributed by atoms with Crippen LogP contribution in [0.3, 0.4) is 0 Å². The molecule has 0 saturated heterocycles. The number of methoxy groups -OCH3 is 1. The number of hydrogen-bond donors (Lipinski definition) is 1. The Balaban J connectivity index is 3.39. The molecule has 0 radical (unpaired) electrons. The monoisotopic (exact) mass is 141 g/mol. The summed E-state index contributed by atoms with van der Waals surface area (Å²) in [5.74, 6) is 2.59. The lowest BCUT2D eigenvalue weighted by atomic mass is 10.3. The van der Waals surface area contributed by atoms with Crippen LogP contribution in [0.4, 0.5) is 0 Å². The summed E-state index contributed by atoms with van der Waals surface area (Å²) in [6.45, 7) is 4.69. The van der Waals surface area contributed by atoms with E-state index in [0.29, 0.717) is 12.6 Å². The Morgan fingerprint density at radius 3 is 2.60 bits per heavy atom. The van der Waals surface area contributed by atoms with Crippen molar-refractivity contribution in [2.45, 2.75) is 25.9 Å². The van der Waals surface area contributed by atoms with E-state index < -0.39 is 0 Å². The van der Waals surface area contributed by atoms with Gasteiger partial charge in [-0.25, -0.2) is 0 Å². The average Bonchev–Trinajstić information content (AvgIpc) is 1.88. The molecule has 2 unspecified atom stereocenters. The van der Waals surface area contributed by atoms with Crippen LogP contribution in [0, 0.1) is 12.3 Å². The molecule has 58 valence electrons. The van der Waals surface area contributed by atoms with E-state index in [9.17, 15) is 0 Å². The van der Waals surface area contributed by atoms with Crippen LogP contribution in [0.15, 0.2) is 0 Å². The fraction of sp³-hybridized carbons (Fsp3) is 0.750. The van der Waals surface area contributed by atoms with Crippen LogP contribution < -0.4 is 5.32 Å². The van der Waals surface area contributed by atoms with E-state index in [0.717, 1.165) is 0 Å². The maximum atomic E-state index is 5.16. The van der Waals surface area contributed by atoms with E-state index in [1.807, 2.05) is 13.8 Å². The molecule has 10 heavy (non-hydrogen) atoms. The molecule has 0 aliphatic heterocycles. The Morgan fingerprint density at radius 1 is 1.60 bits per heavy atom. The minimum atomic E-state index is 0.130. The molecule has 0 fully saturated rings. The van der Waals surface area contributed by atoms with Gasteiger partial charge in [0.15, 0.2) is 0 Å². The zero-order chi connectivity index (χ0) is 7.98. The van der Waals surface area contributed by atoms with Gasteiger partial charge in [0.05, 0.1) is 12.6 Å². The highest BCUT2D eigenvalue weighted by Gasteiger charge is 2.02. The molecule has 1 N–H and O–H groups in total. The summed E-state index contributed by atoms with van der Waals surface area (Å²) in [7, 11) is 1.68. The minimum Gasteiger partial charge on any atom is -0.383 e. The first-order chi connectivity index (χ1) is 4.70. The van der Waals surface area contributed by atoms with Crippen LogP contribution in [0.1, 0.15) is 13.8 Å². The Labute approximate surface area is 63.0 Å². The lowest BCUT2D eigenvalue weighted by molar-refractivity contribution is 0.170. The van der Waals surface area contributed by atoms with Gasteiger partial charge in [-0.2, -0.15) is 0 Å². The first kappa shape index (κ1) is 9.48. The van der Waals surface area contributed by atoms with Gasteiger partial charge in [-0.1, -0.05) is 5.92 Å². The van der Waals surface area contributed by atoms with E-state index in [1.54, 1.807) is 7.11 Å². The molecule has 2 heteroatoms. The van der Waals surface area contributed by atoms with Gasteiger partial charge in [0, 0.05) is 13.2 Å². The van der Waals surface area contributed by atoms with Crippen molar-refractivity contribution in [3.63, 3.8) is 0 Å². The molecule has 0 amide bonds. The third-order valence-electron chi connectivity index (χ3n) is 1.20. The Morgan fingerprint density at radius 2 is 2.20 bits per heavy atom. The third kappa shape index (κ3) is 4.37. The molecule has 0 spiro atoms. The molecular weight excluding hydrogens is 126 g/mol. The molecule has 0 aromatic heterocycles. The van der Waals surface area contributed by atoms with Gasteiger partial charge in [0.2, 0.25) is 0 Å². The summed E-state index contributed by atoms with van der Waals surface area (Å²) in [5.41, 5.74) is 0. The lowest BCUT2D eigenvalue weighted by Crippen LogP contribution is -2.36. The second-order valence-corrected chi connectivity index (χ2v) is 2.41. The summed E-state index contributed by atoms with van der Waals surface area (Å²) in [5, 5.41) is 3.17. The molecule has 0 aliphatic rings. The number of rotatable bonds is 4. The number of nitrogens with one attached hydrogen (secondary N) is 1. The maximum Gasteiger partial charge on any atom is 0.0661 e. The van der Waals surface area contributed by atoms with Crippen molar-refractivity contribution in [2.24, 2.45) is 0 Å². The van der Waals surface area contributed by atoms with E-state index in [4.69, 9.17) is 11.2 Å². The van der Waals surface area contributed by atoms with Gasteiger partial charge in [0.1, 0.15) is 0 Å². The first-order valence-electron chi connectivity index (χ1n) is 3.41. The van der Waals surface area contributed by atoms with Gasteiger partial charge in [0.25, 0.3) is 0 Å². The molecule has 0 aromatic carbocycles. The highest BCUT2D eigenvalue weighted by atomic mass is 16.5. The van der Waals surface area contributed by atoms with Crippen molar-refractivity contribution >= 4 is 0 Å². The molecule has 0 heterocycles. The van der Waals surface area contributed by atoms with Crippen molar-refractivity contribution in [1.29, 1.82) is 0 Å². The zero-order valence-electron chi connectivity index (χ0n) is 6.85. The third-order valence-corrected chi connectivity index (χ3v) is 1.20. The Hall–Kier alpha value is -0.520. The van der Waals surface area contributed by atoms with E-state index >= 15 is 0 Å². The summed E-state index contributed by atoms with van der Waals surface area (Å²) >= 11 is 0. The van der Waals surface area contributed by atoms with Crippen LogP contribution in [-0.4, -0.2) is 25.8 Å². The molecule has 0 aliphatic carbocycles. The van der Waals surface area contributed by atoms with Crippen molar-refractivity contribution in [3.8, 4) is 12.3 Å². The molecule has 0 aromatic rings. The van der Waals surface area contributed by atoms with Crippen LogP contribution >= 0.6 is 0 Å². The Kier molecular flexibility index (Phi) is 5.00. The normalized spacial score (nSPS) is 15.8. The fourth-order valence-electron chi connectivity index (χ4n) is 0.773. The van der Waals surface area contributed by atoms with Crippen LogP contribution in [-0.2, 0) is 4.74 Å². The average molecular weight is 141 g/mol. The second-order valence-electron chi connectivity index (χ2n) is 2.41. The number of ether oxygens (including phenoxy) is 1. The van der Waals surface area contributed by atoms with Crippen LogP contribution in [0.2, 0.25) is 0 Å². The predicted octanol–water partition coefficient (Wildman–Crippen LogP) is 0.633. The molecule has 0 saturated carbocycles. The van der Waals surface area contributed by atoms with Crippen molar-refractivity contribution < 1.29 is 4.74 Å². The van der Waals surface area contributed by atoms with Crippen molar-refractivity contribution in [1.82, 2.24) is 5.32 Å². The molecule has 0 rings (SSSR count). The van der Waals surface area contributed by atoms with Gasteiger partial charge in [-0.05, 0) is 13.8 Å². The first-order valence-corrected chi connectivity index (χ1v) is 3.41. The fourth-order valence-corrected chi connectivity index (χ4v) is 0.773. The van der Waals surface area contributed by atoms with Crippen molar-refractivity contribution in [3.05, 3.63) is 0 Å². The van der Waals surface area contributed by atoms with Crippen molar-refractivity contribution in [2.75, 3.05) is 13.7 Å². The van der Waals surface area contributed by atoms with Gasteiger partial charge >= 0.3 is 0 Å². The Bertz CT molecular complexity index is 117. The quantitative estimate of drug-likeness (QED) is 0.580. The smallest absolute Gasteiger partial charge is 0.0661 e. The summed E-state index contributed by atoms with van der Waals surface area (Å²) in [4.78, 5) is 0. The molecule has 2 nitrogen and oxygen atoms in total. The van der Waals surface area contributed by atoms with E-state index in [-0.39, 0.29) is 6.04 Å². The highest BCUT2D eigenvalue weighted by Crippen LogP contribution is 1.85. The SMILES string of the molecule is C#CC(C)NC(C)COC. The van der Waals surface area contributed by atoms with E-state index in [1.165, 1.54) is 0 Å². The number of terminal acetylenes is 1. The molecular formula is C8H15NO. The predicted molar refractivity (Wildman–Crippen MR) is 42.8 cm³/mol. The molecule has 0 bridgehead atoms. The summed E-state index contributed by atoms with van der Waals surface area (Å²) in [6, 6.07) is 0.459. The second kappa shape index (κ2) is 5.28.